The van der Waals surface area contributed by atoms with Crippen molar-refractivity contribution in [3.8, 4) is 0 Å². The highest BCUT2D eigenvalue weighted by molar-refractivity contribution is 7.99. The first kappa shape index (κ1) is 16.0. The fourth-order valence-corrected chi connectivity index (χ4v) is 4.43. The summed E-state index contributed by atoms with van der Waals surface area (Å²) in [7, 11) is 0. The van der Waals surface area contributed by atoms with E-state index >= 15 is 0 Å². The van der Waals surface area contributed by atoms with Crippen LogP contribution in [0.25, 0.3) is 11.6 Å². The number of allylic oxidation sites excluding steroid dienone is 1. The SMILES string of the molecule is C/C(=C\c1ccc(N=O)cc1)c1ccc2c(c1)C(C)(C)CCS2. The predicted octanol–water partition coefficient (Wildman–Crippen LogP) is 6.42. The van der Waals surface area contributed by atoms with Crippen LogP contribution in [0.1, 0.15) is 43.9 Å². The van der Waals surface area contributed by atoms with E-state index in [1.54, 1.807) is 12.1 Å². The van der Waals surface area contributed by atoms with Gasteiger partial charge in [0, 0.05) is 4.90 Å². The highest BCUT2D eigenvalue weighted by atomic mass is 32.2. The molecule has 1 aliphatic heterocycles. The van der Waals surface area contributed by atoms with Crippen LogP contribution >= 0.6 is 11.8 Å². The monoisotopic (exact) mass is 323 g/mol. The molecule has 3 heteroatoms. The molecule has 1 aliphatic rings. The number of nitrogens with zero attached hydrogens (tertiary/aromatic N) is 1. The van der Waals surface area contributed by atoms with Crippen LogP contribution in [-0.4, -0.2) is 5.75 Å². The number of benzene rings is 2. The van der Waals surface area contributed by atoms with Crippen LogP contribution in [0.2, 0.25) is 0 Å². The summed E-state index contributed by atoms with van der Waals surface area (Å²) < 4.78 is 0. The Balaban J connectivity index is 1.94. The van der Waals surface area contributed by atoms with Crippen LogP contribution in [0, 0.1) is 4.91 Å². The van der Waals surface area contributed by atoms with Gasteiger partial charge in [-0.3, -0.25) is 0 Å². The van der Waals surface area contributed by atoms with Crippen LogP contribution in [0.15, 0.2) is 52.5 Å². The molecule has 0 unspecified atom stereocenters. The molecule has 2 nitrogen and oxygen atoms in total. The predicted molar refractivity (Wildman–Crippen MR) is 100 cm³/mol. The van der Waals surface area contributed by atoms with Crippen LogP contribution in [0.3, 0.4) is 0 Å². The van der Waals surface area contributed by atoms with Crippen LogP contribution in [0.4, 0.5) is 5.69 Å². The molecule has 0 aliphatic carbocycles. The second-order valence-corrected chi connectivity index (χ2v) is 7.84. The summed E-state index contributed by atoms with van der Waals surface area (Å²) in [5.74, 6) is 1.20. The van der Waals surface area contributed by atoms with Gasteiger partial charge >= 0.3 is 0 Å². The van der Waals surface area contributed by atoms with Crippen molar-refractivity contribution in [2.24, 2.45) is 5.18 Å². The lowest BCUT2D eigenvalue weighted by atomic mass is 9.80. The number of thioether (sulfide) groups is 1. The summed E-state index contributed by atoms with van der Waals surface area (Å²) in [6.07, 6.45) is 3.37. The molecule has 0 saturated heterocycles. The summed E-state index contributed by atoms with van der Waals surface area (Å²) in [5, 5.41) is 2.94. The molecular formula is C20H21NOS. The first-order chi connectivity index (χ1) is 11.0. The Hall–Kier alpha value is -1.87. The lowest BCUT2D eigenvalue weighted by molar-refractivity contribution is 0.494. The van der Waals surface area contributed by atoms with Gasteiger partial charge in [-0.25, -0.2) is 0 Å². The van der Waals surface area contributed by atoms with Crippen molar-refractivity contribution in [2.45, 2.75) is 37.5 Å². The topological polar surface area (TPSA) is 29.4 Å². The molecule has 118 valence electrons. The van der Waals surface area contributed by atoms with Crippen molar-refractivity contribution >= 4 is 29.1 Å². The van der Waals surface area contributed by atoms with Crippen molar-refractivity contribution in [3.05, 3.63) is 64.1 Å². The molecule has 2 aromatic rings. The van der Waals surface area contributed by atoms with E-state index in [9.17, 15) is 4.91 Å². The highest BCUT2D eigenvalue weighted by Gasteiger charge is 2.27. The smallest absolute Gasteiger partial charge is 0.108 e. The molecule has 0 N–H and O–H groups in total. The fourth-order valence-electron chi connectivity index (χ4n) is 2.95. The molecule has 0 aromatic heterocycles. The Morgan fingerprint density at radius 1 is 1.17 bits per heavy atom. The number of nitroso groups, excluding NO2 is 1. The molecule has 0 amide bonds. The molecule has 0 atom stereocenters. The Bertz CT molecular complexity index is 760. The highest BCUT2D eigenvalue weighted by Crippen LogP contribution is 2.42. The van der Waals surface area contributed by atoms with Crippen molar-refractivity contribution in [1.82, 2.24) is 0 Å². The number of hydrogen-bond donors (Lipinski definition) is 0. The molecule has 0 radical (unpaired) electrons. The van der Waals surface area contributed by atoms with E-state index in [2.05, 4.69) is 50.2 Å². The van der Waals surface area contributed by atoms with E-state index in [0.29, 0.717) is 5.69 Å². The van der Waals surface area contributed by atoms with Gasteiger partial charge in [0.05, 0.1) is 0 Å². The minimum atomic E-state index is 0.244. The van der Waals surface area contributed by atoms with Gasteiger partial charge < -0.3 is 0 Å². The van der Waals surface area contributed by atoms with Crippen LogP contribution in [-0.2, 0) is 5.41 Å². The van der Waals surface area contributed by atoms with Crippen molar-refractivity contribution in [2.75, 3.05) is 5.75 Å². The van der Waals surface area contributed by atoms with Crippen molar-refractivity contribution in [1.29, 1.82) is 0 Å². The largest absolute Gasteiger partial charge is 0.145 e. The number of hydrogen-bond acceptors (Lipinski definition) is 3. The maximum atomic E-state index is 10.5. The van der Waals surface area contributed by atoms with E-state index in [1.165, 1.54) is 33.8 Å². The van der Waals surface area contributed by atoms with Gasteiger partial charge in [0.15, 0.2) is 0 Å². The molecule has 2 aromatic carbocycles. The van der Waals surface area contributed by atoms with Crippen LogP contribution < -0.4 is 0 Å². The Kier molecular flexibility index (Phi) is 4.40. The molecule has 23 heavy (non-hydrogen) atoms. The molecule has 0 bridgehead atoms. The van der Waals surface area contributed by atoms with E-state index in [1.807, 2.05) is 23.9 Å². The standard InChI is InChI=1S/C20H21NOS/c1-14(12-15-4-7-17(21-22)8-5-15)16-6-9-19-18(13-16)20(2,3)10-11-23-19/h4-9,12-13H,10-11H2,1-3H3/b14-12+. The Labute approximate surface area is 142 Å². The van der Waals surface area contributed by atoms with E-state index < -0.39 is 0 Å². The zero-order chi connectivity index (χ0) is 16.4. The minimum absolute atomic E-state index is 0.244. The first-order valence-corrected chi connectivity index (χ1v) is 8.87. The van der Waals surface area contributed by atoms with Gasteiger partial charge in [-0.1, -0.05) is 38.1 Å². The van der Waals surface area contributed by atoms with E-state index in [0.717, 1.165) is 5.56 Å². The first-order valence-electron chi connectivity index (χ1n) is 7.89. The summed E-state index contributed by atoms with van der Waals surface area (Å²) in [4.78, 5) is 11.9. The summed E-state index contributed by atoms with van der Waals surface area (Å²) in [6, 6.07) is 14.2. The molecule has 0 saturated carbocycles. The quantitative estimate of drug-likeness (QED) is 0.482. The normalized spacial score (nSPS) is 16.7. The van der Waals surface area contributed by atoms with Gasteiger partial charge in [-0.05, 0) is 76.2 Å². The van der Waals surface area contributed by atoms with Crippen molar-refractivity contribution < 1.29 is 0 Å². The number of fused-ring (bicyclic) bond motifs is 1. The van der Waals surface area contributed by atoms with Gasteiger partial charge in [-0.2, -0.15) is 0 Å². The summed E-state index contributed by atoms with van der Waals surface area (Å²) in [5.41, 5.74) is 5.74. The molecule has 3 rings (SSSR count). The van der Waals surface area contributed by atoms with Gasteiger partial charge in [0.1, 0.15) is 5.69 Å². The maximum Gasteiger partial charge on any atom is 0.108 e. The van der Waals surface area contributed by atoms with Gasteiger partial charge in [-0.15, -0.1) is 16.7 Å². The third-order valence-corrected chi connectivity index (χ3v) is 5.61. The van der Waals surface area contributed by atoms with Crippen LogP contribution in [0.5, 0.6) is 0 Å². The second-order valence-electron chi connectivity index (χ2n) is 6.70. The molecule has 0 fully saturated rings. The van der Waals surface area contributed by atoms with E-state index in [4.69, 9.17) is 0 Å². The average molecular weight is 323 g/mol. The Morgan fingerprint density at radius 2 is 1.91 bits per heavy atom. The summed E-state index contributed by atoms with van der Waals surface area (Å²) >= 11 is 1.96. The van der Waals surface area contributed by atoms with E-state index in [-0.39, 0.29) is 5.41 Å². The number of rotatable bonds is 3. The third-order valence-electron chi connectivity index (χ3n) is 4.53. The summed E-state index contributed by atoms with van der Waals surface area (Å²) in [6.45, 7) is 6.80. The van der Waals surface area contributed by atoms with Gasteiger partial charge in [0.25, 0.3) is 0 Å². The zero-order valence-electron chi connectivity index (χ0n) is 13.8. The second kappa shape index (κ2) is 6.32. The molecule has 1 heterocycles. The molecule has 0 spiro atoms. The fraction of sp³-hybridized carbons (Fsp3) is 0.300. The van der Waals surface area contributed by atoms with Crippen molar-refractivity contribution in [3.63, 3.8) is 0 Å². The zero-order valence-corrected chi connectivity index (χ0v) is 14.6. The lowest BCUT2D eigenvalue weighted by Gasteiger charge is -2.32. The maximum absolute atomic E-state index is 10.5. The Morgan fingerprint density at radius 3 is 2.61 bits per heavy atom. The van der Waals surface area contributed by atoms with Gasteiger partial charge in [0.2, 0.25) is 0 Å². The minimum Gasteiger partial charge on any atom is -0.145 e. The lowest BCUT2D eigenvalue weighted by Crippen LogP contribution is -2.22. The molecular weight excluding hydrogens is 302 g/mol. The average Bonchev–Trinajstić information content (AvgIpc) is 2.55. The third kappa shape index (κ3) is 3.40.